The molecule has 0 amide bonds. The maximum absolute atomic E-state index is 5.90. The zero-order chi connectivity index (χ0) is 13.4. The molecule has 1 aromatic rings. The number of methoxy groups -OCH3 is 2. The summed E-state index contributed by atoms with van der Waals surface area (Å²) in [7, 11) is 3.32. The zero-order valence-electron chi connectivity index (χ0n) is 11.3. The summed E-state index contributed by atoms with van der Waals surface area (Å²) in [6, 6.07) is 3.81. The molecule has 0 saturated heterocycles. The molecule has 5 heteroatoms. The lowest BCUT2D eigenvalue weighted by atomic mass is 10.1. The van der Waals surface area contributed by atoms with Crippen LogP contribution < -0.4 is 15.8 Å². The summed E-state index contributed by atoms with van der Waals surface area (Å²) >= 11 is 0. The van der Waals surface area contributed by atoms with E-state index in [0.717, 1.165) is 22.7 Å². The number of nitrogens with one attached hydrogen (secondary N) is 1. The summed E-state index contributed by atoms with van der Waals surface area (Å²) in [6.07, 6.45) is 0. The fourth-order valence-electron chi connectivity index (χ4n) is 1.48. The molecule has 18 heavy (non-hydrogen) atoms. The molecule has 0 spiro atoms. The average molecular weight is 254 g/mol. The third-order valence-corrected chi connectivity index (χ3v) is 2.53. The number of benzene rings is 1. The van der Waals surface area contributed by atoms with Crippen LogP contribution in [0.15, 0.2) is 12.1 Å². The molecule has 0 atom stereocenters. The van der Waals surface area contributed by atoms with Gasteiger partial charge in [0.05, 0.1) is 18.9 Å². The van der Waals surface area contributed by atoms with Crippen LogP contribution in [0.5, 0.6) is 5.75 Å². The molecule has 0 fully saturated rings. The van der Waals surface area contributed by atoms with E-state index in [1.54, 1.807) is 14.2 Å². The first-order valence-corrected chi connectivity index (χ1v) is 5.93. The first-order chi connectivity index (χ1) is 8.69. The Morgan fingerprint density at radius 2 is 1.83 bits per heavy atom. The SMILES string of the molecule is COCCNc1cc(N)c(C)cc1OCCOC. The number of ether oxygens (including phenoxy) is 3. The number of nitrogen functional groups attached to an aromatic ring is 1. The molecule has 0 aromatic heterocycles. The predicted molar refractivity (Wildman–Crippen MR) is 73.3 cm³/mol. The van der Waals surface area contributed by atoms with Crippen LogP contribution in [0.4, 0.5) is 11.4 Å². The molecular weight excluding hydrogens is 232 g/mol. The molecule has 0 saturated carbocycles. The van der Waals surface area contributed by atoms with Crippen molar-refractivity contribution < 1.29 is 14.2 Å². The molecule has 5 nitrogen and oxygen atoms in total. The van der Waals surface area contributed by atoms with Gasteiger partial charge in [-0.2, -0.15) is 0 Å². The number of anilines is 2. The molecule has 0 radical (unpaired) electrons. The zero-order valence-corrected chi connectivity index (χ0v) is 11.3. The van der Waals surface area contributed by atoms with E-state index in [1.165, 1.54) is 0 Å². The first-order valence-electron chi connectivity index (χ1n) is 5.93. The lowest BCUT2D eigenvalue weighted by Gasteiger charge is -2.15. The van der Waals surface area contributed by atoms with Crippen molar-refractivity contribution in [2.75, 3.05) is 51.6 Å². The van der Waals surface area contributed by atoms with Crippen LogP contribution in [0.1, 0.15) is 5.56 Å². The molecule has 0 aliphatic rings. The molecule has 102 valence electrons. The number of hydrogen-bond acceptors (Lipinski definition) is 5. The molecule has 0 bridgehead atoms. The van der Waals surface area contributed by atoms with Crippen molar-refractivity contribution in [2.45, 2.75) is 6.92 Å². The molecule has 0 heterocycles. The van der Waals surface area contributed by atoms with Crippen LogP contribution in [-0.4, -0.2) is 40.6 Å². The van der Waals surface area contributed by atoms with Gasteiger partial charge in [0.25, 0.3) is 0 Å². The van der Waals surface area contributed by atoms with Crippen molar-refractivity contribution in [3.63, 3.8) is 0 Å². The third-order valence-electron chi connectivity index (χ3n) is 2.53. The van der Waals surface area contributed by atoms with Gasteiger partial charge in [0, 0.05) is 26.5 Å². The van der Waals surface area contributed by atoms with E-state index in [2.05, 4.69) is 5.32 Å². The van der Waals surface area contributed by atoms with Crippen molar-refractivity contribution in [1.29, 1.82) is 0 Å². The van der Waals surface area contributed by atoms with Gasteiger partial charge < -0.3 is 25.3 Å². The van der Waals surface area contributed by atoms with Gasteiger partial charge >= 0.3 is 0 Å². The minimum Gasteiger partial charge on any atom is -0.489 e. The second-order valence-corrected chi connectivity index (χ2v) is 3.97. The fourth-order valence-corrected chi connectivity index (χ4v) is 1.48. The third kappa shape index (κ3) is 4.43. The smallest absolute Gasteiger partial charge is 0.142 e. The van der Waals surface area contributed by atoms with Gasteiger partial charge in [0.1, 0.15) is 12.4 Å². The lowest BCUT2D eigenvalue weighted by Crippen LogP contribution is -2.11. The van der Waals surface area contributed by atoms with Crippen LogP contribution >= 0.6 is 0 Å². The maximum Gasteiger partial charge on any atom is 0.142 e. The molecule has 1 aromatic carbocycles. The van der Waals surface area contributed by atoms with Gasteiger partial charge in [-0.1, -0.05) is 0 Å². The summed E-state index contributed by atoms with van der Waals surface area (Å²) < 4.78 is 15.6. The van der Waals surface area contributed by atoms with E-state index < -0.39 is 0 Å². The fraction of sp³-hybridized carbons (Fsp3) is 0.538. The highest BCUT2D eigenvalue weighted by Gasteiger charge is 2.06. The minimum atomic E-state index is 0.513. The molecule has 0 aliphatic heterocycles. The second kappa shape index (κ2) is 7.79. The minimum absolute atomic E-state index is 0.513. The van der Waals surface area contributed by atoms with E-state index in [1.807, 2.05) is 19.1 Å². The monoisotopic (exact) mass is 254 g/mol. The highest BCUT2D eigenvalue weighted by atomic mass is 16.5. The molecule has 0 unspecified atom stereocenters. The van der Waals surface area contributed by atoms with Crippen LogP contribution in [-0.2, 0) is 9.47 Å². The van der Waals surface area contributed by atoms with E-state index in [9.17, 15) is 0 Å². The summed E-state index contributed by atoms with van der Waals surface area (Å²) in [5.74, 6) is 0.787. The molecule has 0 aliphatic carbocycles. The largest absolute Gasteiger partial charge is 0.489 e. The van der Waals surface area contributed by atoms with Crippen molar-refractivity contribution in [3.05, 3.63) is 17.7 Å². The van der Waals surface area contributed by atoms with E-state index in [-0.39, 0.29) is 0 Å². The van der Waals surface area contributed by atoms with E-state index >= 15 is 0 Å². The van der Waals surface area contributed by atoms with Crippen molar-refractivity contribution in [3.8, 4) is 5.75 Å². The van der Waals surface area contributed by atoms with Gasteiger partial charge in [0.2, 0.25) is 0 Å². The normalized spacial score (nSPS) is 10.4. The van der Waals surface area contributed by atoms with Crippen LogP contribution in [0.2, 0.25) is 0 Å². The number of hydrogen-bond donors (Lipinski definition) is 2. The number of nitrogens with two attached hydrogens (primary N) is 1. The average Bonchev–Trinajstić information content (AvgIpc) is 2.35. The van der Waals surface area contributed by atoms with Gasteiger partial charge in [-0.3, -0.25) is 0 Å². The summed E-state index contributed by atoms with van der Waals surface area (Å²) in [6.45, 7) is 4.36. The Labute approximate surface area is 108 Å². The number of rotatable bonds is 8. The van der Waals surface area contributed by atoms with E-state index in [0.29, 0.717) is 26.4 Å². The Kier molecular flexibility index (Phi) is 6.32. The van der Waals surface area contributed by atoms with Crippen molar-refractivity contribution in [2.24, 2.45) is 0 Å². The van der Waals surface area contributed by atoms with E-state index in [4.69, 9.17) is 19.9 Å². The van der Waals surface area contributed by atoms with Crippen LogP contribution in [0.3, 0.4) is 0 Å². The van der Waals surface area contributed by atoms with Crippen LogP contribution in [0, 0.1) is 6.92 Å². The number of aryl methyl sites for hydroxylation is 1. The second-order valence-electron chi connectivity index (χ2n) is 3.97. The highest BCUT2D eigenvalue weighted by Crippen LogP contribution is 2.29. The Balaban J connectivity index is 2.73. The molecule has 3 N–H and O–H groups in total. The standard InChI is InChI=1S/C13H22N2O3/c1-10-8-13(18-7-6-17-3)12(9-11(10)14)15-4-5-16-2/h8-9,15H,4-7,14H2,1-3H3. The Hall–Kier alpha value is -1.46. The van der Waals surface area contributed by atoms with Gasteiger partial charge in [-0.05, 0) is 24.6 Å². The molecule has 1 rings (SSSR count). The summed E-state index contributed by atoms with van der Waals surface area (Å²) in [5, 5.41) is 3.24. The molecular formula is C13H22N2O3. The van der Waals surface area contributed by atoms with Crippen molar-refractivity contribution in [1.82, 2.24) is 0 Å². The Morgan fingerprint density at radius 1 is 1.11 bits per heavy atom. The summed E-state index contributed by atoms with van der Waals surface area (Å²) in [5.41, 5.74) is 8.52. The first kappa shape index (κ1) is 14.6. The Morgan fingerprint density at radius 3 is 2.50 bits per heavy atom. The Bertz CT molecular complexity index is 334. The topological polar surface area (TPSA) is 65.7 Å². The highest BCUT2D eigenvalue weighted by molar-refractivity contribution is 5.66. The lowest BCUT2D eigenvalue weighted by molar-refractivity contribution is 0.146. The summed E-state index contributed by atoms with van der Waals surface area (Å²) in [4.78, 5) is 0. The predicted octanol–water partition coefficient (Wildman–Crippen LogP) is 1.66. The maximum atomic E-state index is 5.90. The van der Waals surface area contributed by atoms with Crippen LogP contribution in [0.25, 0.3) is 0 Å². The van der Waals surface area contributed by atoms with Gasteiger partial charge in [-0.25, -0.2) is 0 Å². The van der Waals surface area contributed by atoms with Gasteiger partial charge in [-0.15, -0.1) is 0 Å². The van der Waals surface area contributed by atoms with Crippen molar-refractivity contribution >= 4 is 11.4 Å². The quantitative estimate of drug-likeness (QED) is 0.545. The van der Waals surface area contributed by atoms with Gasteiger partial charge in [0.15, 0.2) is 0 Å².